The molecule has 35 nitrogen and oxygen atoms in total. The summed E-state index contributed by atoms with van der Waals surface area (Å²) in [6.45, 7) is -0.593. The second kappa shape index (κ2) is 34.8. The number of carbonyl (C=O) groups excluding carboxylic acids is 5. The molecule has 3 saturated heterocycles. The van der Waals surface area contributed by atoms with Crippen molar-refractivity contribution < 1.29 is 85.0 Å². The van der Waals surface area contributed by atoms with Gasteiger partial charge in [-0.1, -0.05) is 90.7 Å². The van der Waals surface area contributed by atoms with Crippen LogP contribution in [0.5, 0.6) is 0 Å². The van der Waals surface area contributed by atoms with Gasteiger partial charge in [-0.2, -0.15) is 0 Å². The topological polar surface area (TPSA) is 463 Å². The quantitative estimate of drug-likeness (QED) is 0.0122. The third-order valence-electron chi connectivity index (χ3n) is 17.0. The lowest BCUT2D eigenvalue weighted by atomic mass is 10.0. The monoisotopic (exact) mass is 1470 g/mol. The lowest BCUT2D eigenvalue weighted by Crippen LogP contribution is -2.41. The second-order valence-corrected chi connectivity index (χ2v) is 27.3. The number of hydrogen-bond donors (Lipinski definition) is 9. The average Bonchev–Trinajstić information content (AvgIpc) is 1.59. The number of rotatable bonds is 33. The van der Waals surface area contributed by atoms with E-state index in [1.807, 2.05) is 49.3 Å². The Morgan fingerprint density at radius 3 is 1.89 bits per heavy atom. The molecule has 7 aromatic rings. The number of phosphoric ester groups is 2. The minimum absolute atomic E-state index is 0.0659. The fraction of sp³-hybridized carbons (Fsp3) is 0.409. The largest absolute Gasteiger partial charge is 0.472 e. The molecule has 4 aromatic heterocycles. The van der Waals surface area contributed by atoms with Crippen LogP contribution < -0.4 is 44.2 Å². The van der Waals surface area contributed by atoms with Crippen LogP contribution in [-0.2, 0) is 67.1 Å². The number of likely N-dealkylation sites (N-methyl/N-ethyl adjacent to an activating group) is 1. The molecule has 103 heavy (non-hydrogen) atoms. The lowest BCUT2D eigenvalue weighted by Gasteiger charge is -2.24. The molecule has 0 saturated carbocycles. The number of ether oxygens (including phenoxy) is 4. The van der Waals surface area contributed by atoms with Gasteiger partial charge in [-0.3, -0.25) is 70.8 Å². The number of hydrogen-bond acceptors (Lipinski definition) is 25. The number of aliphatic hydroxyl groups is 1. The summed E-state index contributed by atoms with van der Waals surface area (Å²) in [5.74, 6) is 4.10. The number of fused-ring (bicyclic) bond motifs is 1. The molecule has 0 radical (unpaired) electrons. The van der Waals surface area contributed by atoms with Crippen LogP contribution in [0.4, 0.5) is 5.82 Å². The summed E-state index contributed by atoms with van der Waals surface area (Å²) in [5.41, 5.74) is 5.91. The summed E-state index contributed by atoms with van der Waals surface area (Å²) in [7, 11) is -5.56. The van der Waals surface area contributed by atoms with E-state index in [-0.39, 0.29) is 79.4 Å². The summed E-state index contributed by atoms with van der Waals surface area (Å²) in [5, 5.41) is 20.0. The number of aliphatic hydroxyl groups excluding tert-OH is 1. The van der Waals surface area contributed by atoms with E-state index in [9.17, 15) is 67.2 Å². The van der Waals surface area contributed by atoms with E-state index in [1.54, 1.807) is 39.9 Å². The maximum Gasteiger partial charge on any atom is 0.472 e. The molecule has 2 unspecified atom stereocenters. The van der Waals surface area contributed by atoms with Crippen molar-refractivity contribution in [3.8, 4) is 34.1 Å². The highest BCUT2D eigenvalue weighted by molar-refractivity contribution is 7.47. The van der Waals surface area contributed by atoms with Gasteiger partial charge in [0.15, 0.2) is 0 Å². The molecule has 3 aromatic carbocycles. The van der Waals surface area contributed by atoms with E-state index in [4.69, 9.17) is 42.8 Å². The summed E-state index contributed by atoms with van der Waals surface area (Å²) in [6.07, 6.45) is -6.40. The molecule has 0 bridgehead atoms. The first-order chi connectivity index (χ1) is 49.4. The molecule has 11 atom stereocenters. The smallest absolute Gasteiger partial charge is 0.390 e. The van der Waals surface area contributed by atoms with Crippen molar-refractivity contribution in [1.29, 1.82) is 0 Å². The number of nitrogens with two attached hydrogens (primary N) is 1. The van der Waals surface area contributed by atoms with Gasteiger partial charge in [0.25, 0.3) is 11.1 Å². The number of aromatic amines is 2. The zero-order valence-corrected chi connectivity index (χ0v) is 57.8. The van der Waals surface area contributed by atoms with E-state index in [0.717, 1.165) is 27.1 Å². The highest BCUT2D eigenvalue weighted by atomic mass is 31.2. The number of aldehydes is 2. The Morgan fingerprint density at radius 2 is 1.27 bits per heavy atom. The minimum atomic E-state index is -5.30. The third-order valence-corrected chi connectivity index (χ3v) is 19.0. The number of anilines is 1. The normalized spacial score (nSPS) is 21.3. The molecule has 0 aliphatic carbocycles. The minimum Gasteiger partial charge on any atom is -0.390 e. The standard InChI is InChI=1S/C66H77N13O22P2/c1-75(2)24-25-76(56(85)19-22-68-29-40-8-5-4-6-9-40)23-20-54(83)70-30-55(84)69-21-7-10-45-31-78(65(88)73-63(45)86)58-27-49(52(98-58)36-94-3)100-103(92,93)96-38-53-50(28-59(99-53)79-33-47(64(87)74-66(79)89)44-17-13-42(35-81)14-18-44)101-102(90,91)95-37-51-48(82)26-57(97-51)77-32-46(43-15-11-41(34-80)12-16-43)60-61(67)71-39-72-62(60)77/h4-6,8-9,11-18,31-35,39,48-53,57-59,68,82H,19-30,36-38H2,1-3H3,(H,69,84)(H,70,83)(H,90,91)(H,92,93)(H2,67,71,72)(H,73,86,88)(H,74,87,89)/t48-,49-,50-,51+,52+,53+,57+,58+,59+/m0/s1. The number of nitrogens with zero attached hydrogens (tertiary/aromatic N) is 7. The van der Waals surface area contributed by atoms with Crippen molar-refractivity contribution in [1.82, 2.24) is 59.4 Å². The molecular formula is C66H77N13O22P2. The van der Waals surface area contributed by atoms with Crippen molar-refractivity contribution in [2.75, 3.05) is 86.0 Å². The fourth-order valence-electron chi connectivity index (χ4n) is 11.6. The van der Waals surface area contributed by atoms with E-state index < -0.39 is 131 Å². The van der Waals surface area contributed by atoms with Crippen LogP contribution in [-0.4, -0.2) is 206 Å². The predicted octanol–water partition coefficient (Wildman–Crippen LogP) is 1.49. The van der Waals surface area contributed by atoms with Gasteiger partial charge in [0.1, 0.15) is 85.1 Å². The van der Waals surface area contributed by atoms with Gasteiger partial charge in [-0.15, -0.1) is 0 Å². The molecule has 548 valence electrons. The Kier molecular flexibility index (Phi) is 25.8. The van der Waals surface area contributed by atoms with Crippen molar-refractivity contribution >= 4 is 62.8 Å². The van der Waals surface area contributed by atoms with Crippen molar-refractivity contribution in [3.05, 3.63) is 168 Å². The molecule has 3 amide bonds. The summed E-state index contributed by atoms with van der Waals surface area (Å²) in [6, 6.07) is 22.2. The Balaban J connectivity index is 0.764. The van der Waals surface area contributed by atoms with Gasteiger partial charge in [-0.05, 0) is 30.8 Å². The first kappa shape index (κ1) is 76.3. The molecule has 10 rings (SSSR count). The van der Waals surface area contributed by atoms with Gasteiger partial charge >= 0.3 is 27.0 Å². The molecule has 3 aliphatic heterocycles. The van der Waals surface area contributed by atoms with Crippen LogP contribution >= 0.6 is 15.6 Å². The summed E-state index contributed by atoms with van der Waals surface area (Å²) < 4.78 is 77.4. The molecule has 3 fully saturated rings. The van der Waals surface area contributed by atoms with Gasteiger partial charge in [0, 0.05) is 107 Å². The molecule has 7 heterocycles. The zero-order valence-electron chi connectivity index (χ0n) is 56.0. The highest BCUT2D eigenvalue weighted by Gasteiger charge is 2.47. The van der Waals surface area contributed by atoms with Crippen molar-refractivity contribution in [2.24, 2.45) is 0 Å². The maximum absolute atomic E-state index is 14.0. The van der Waals surface area contributed by atoms with E-state index in [0.29, 0.717) is 66.5 Å². The number of benzene rings is 3. The van der Waals surface area contributed by atoms with Crippen molar-refractivity contribution in [2.45, 2.75) is 94.0 Å². The van der Waals surface area contributed by atoms with Crippen LogP contribution in [0.15, 0.2) is 123 Å². The number of aromatic nitrogens is 7. The number of H-pyrrole nitrogens is 2. The van der Waals surface area contributed by atoms with E-state index in [1.165, 1.54) is 37.7 Å². The first-order valence-corrected chi connectivity index (χ1v) is 35.4. The molecule has 10 N–H and O–H groups in total. The van der Waals surface area contributed by atoms with E-state index >= 15 is 0 Å². The number of amides is 3. The Labute approximate surface area is 586 Å². The number of nitrogens with one attached hydrogen (secondary N) is 5. The Morgan fingerprint density at radius 1 is 0.699 bits per heavy atom. The Bertz CT molecular complexity index is 4600. The molecule has 37 heteroatoms. The van der Waals surface area contributed by atoms with Gasteiger partial charge in [0.2, 0.25) is 17.7 Å². The van der Waals surface area contributed by atoms with Crippen LogP contribution in [0.25, 0.3) is 33.3 Å². The van der Waals surface area contributed by atoms with Gasteiger partial charge in [0.05, 0.1) is 50.0 Å². The SMILES string of the molecule is COC[C@H]1O[C@@H](n2cc(C#CCNC(=O)CNC(=O)CCN(CCN(C)C)C(=O)CCNCc3ccccc3)c(=O)[nH]c2=O)C[C@@H]1OP(=O)(O)OC[C@H]1O[C@@H](n2cc(-c3ccc(C=O)cc3)c(=O)[nH]c2=O)C[C@@H]1OP(=O)(O)OC[C@H]1O[C@@H](n2cc(-c3ccc(C=O)cc3)c3c(N)ncnc32)C[C@@H]1O. The van der Waals surface area contributed by atoms with Crippen LogP contribution in [0.2, 0.25) is 0 Å². The van der Waals surface area contributed by atoms with Crippen LogP contribution in [0.3, 0.4) is 0 Å². The summed E-state index contributed by atoms with van der Waals surface area (Å²) >= 11 is 0. The number of carbonyl (C=O) groups is 5. The zero-order chi connectivity index (χ0) is 73.5. The predicted molar refractivity (Wildman–Crippen MR) is 366 cm³/mol. The maximum atomic E-state index is 14.0. The Hall–Kier alpha value is -9.31. The average molecular weight is 1470 g/mol. The molecule has 0 spiro atoms. The summed E-state index contributed by atoms with van der Waals surface area (Å²) in [4.78, 5) is 154. The third kappa shape index (κ3) is 20.1. The van der Waals surface area contributed by atoms with Crippen molar-refractivity contribution in [3.63, 3.8) is 0 Å². The van der Waals surface area contributed by atoms with Gasteiger partial charge in [-0.25, -0.2) is 28.7 Å². The fourth-order valence-corrected chi connectivity index (χ4v) is 13.6. The van der Waals surface area contributed by atoms with Crippen LogP contribution in [0.1, 0.15) is 82.6 Å². The highest BCUT2D eigenvalue weighted by Crippen LogP contribution is 2.52. The van der Waals surface area contributed by atoms with E-state index in [2.05, 4.69) is 47.7 Å². The number of nitrogen functional groups attached to an aromatic ring is 1. The lowest BCUT2D eigenvalue weighted by molar-refractivity contribution is -0.132. The molecular weight excluding hydrogens is 1390 g/mol. The molecule has 3 aliphatic rings. The number of methoxy groups -OCH3 is 1. The van der Waals surface area contributed by atoms with Gasteiger partial charge < -0.3 is 69.9 Å². The van der Waals surface area contributed by atoms with Crippen LogP contribution in [0, 0.1) is 11.8 Å². The number of phosphoric acid groups is 2. The first-order valence-electron chi connectivity index (χ1n) is 32.5. The second-order valence-electron chi connectivity index (χ2n) is 24.4.